The molecular formula is C23H24N3OS+. The summed E-state index contributed by atoms with van der Waals surface area (Å²) in [7, 11) is 0. The Morgan fingerprint density at radius 3 is 2.36 bits per heavy atom. The lowest BCUT2D eigenvalue weighted by molar-refractivity contribution is -0.704. The van der Waals surface area contributed by atoms with Crippen LogP contribution in [0.4, 0.5) is 0 Å². The van der Waals surface area contributed by atoms with Crippen molar-refractivity contribution in [1.82, 2.24) is 10.1 Å². The van der Waals surface area contributed by atoms with Crippen molar-refractivity contribution in [3.05, 3.63) is 94.0 Å². The molecule has 0 aliphatic rings. The van der Waals surface area contributed by atoms with Gasteiger partial charge in [0.05, 0.1) is 4.88 Å². The fraction of sp³-hybridized carbons (Fsp3) is 0.217. The number of thiophene rings is 1. The molecule has 1 atom stereocenters. The lowest BCUT2D eigenvalue weighted by atomic mass is 9.98. The van der Waals surface area contributed by atoms with E-state index in [0.717, 1.165) is 5.56 Å². The summed E-state index contributed by atoms with van der Waals surface area (Å²) in [4.78, 5) is 5.88. The first-order valence-electron chi connectivity index (χ1n) is 9.55. The van der Waals surface area contributed by atoms with Gasteiger partial charge in [0.25, 0.3) is 5.89 Å². The highest BCUT2D eigenvalue weighted by molar-refractivity contribution is 7.10. The maximum atomic E-state index is 5.48. The second kappa shape index (κ2) is 8.50. The van der Waals surface area contributed by atoms with Crippen LogP contribution in [0.5, 0.6) is 0 Å². The van der Waals surface area contributed by atoms with Gasteiger partial charge in [-0.1, -0.05) is 79.7 Å². The van der Waals surface area contributed by atoms with Crippen molar-refractivity contribution in [2.75, 3.05) is 0 Å². The van der Waals surface area contributed by atoms with Crippen LogP contribution in [0, 0.1) is 0 Å². The molecular weight excluding hydrogens is 366 g/mol. The lowest BCUT2D eigenvalue weighted by Gasteiger charge is -2.15. The third-order valence-electron chi connectivity index (χ3n) is 4.84. The van der Waals surface area contributed by atoms with E-state index in [9.17, 15) is 0 Å². The number of benzene rings is 2. The molecule has 0 fully saturated rings. The molecule has 0 unspecified atom stereocenters. The molecule has 0 saturated heterocycles. The topological polar surface area (TPSA) is 55.5 Å². The standard InChI is InChI=1S/C23H23N3OS/c1-16(2)17-10-12-18(13-11-17)22(20-9-6-14-28-20)24-15-21-25-23(26-27-21)19-7-4-3-5-8-19/h3-14,16,22,24H,15H2,1-2H3/p+1/t22-/m0/s1. The molecule has 4 aromatic rings. The Kier molecular flexibility index (Phi) is 5.65. The molecule has 0 amide bonds. The maximum absolute atomic E-state index is 5.48. The fourth-order valence-electron chi connectivity index (χ4n) is 3.23. The van der Waals surface area contributed by atoms with Crippen molar-refractivity contribution in [2.45, 2.75) is 32.4 Å². The summed E-state index contributed by atoms with van der Waals surface area (Å²) in [5.74, 6) is 1.81. The van der Waals surface area contributed by atoms with Gasteiger partial charge in [-0.25, -0.2) is 0 Å². The van der Waals surface area contributed by atoms with Crippen LogP contribution in [-0.4, -0.2) is 10.1 Å². The van der Waals surface area contributed by atoms with Crippen LogP contribution < -0.4 is 5.32 Å². The molecule has 0 aliphatic carbocycles. The highest BCUT2D eigenvalue weighted by atomic mass is 32.1. The number of nitrogens with two attached hydrogens (primary N) is 1. The predicted molar refractivity (Wildman–Crippen MR) is 112 cm³/mol. The summed E-state index contributed by atoms with van der Waals surface area (Å²) in [6.07, 6.45) is 0. The first-order valence-corrected chi connectivity index (χ1v) is 10.4. The van der Waals surface area contributed by atoms with Crippen LogP contribution in [0.1, 0.15) is 47.7 Å². The summed E-state index contributed by atoms with van der Waals surface area (Å²) in [6, 6.07) is 23.3. The van der Waals surface area contributed by atoms with Gasteiger partial charge in [0, 0.05) is 11.1 Å². The van der Waals surface area contributed by atoms with Gasteiger partial charge < -0.3 is 9.84 Å². The third kappa shape index (κ3) is 4.21. The molecule has 28 heavy (non-hydrogen) atoms. The number of hydrogen-bond acceptors (Lipinski definition) is 4. The van der Waals surface area contributed by atoms with Gasteiger partial charge in [0.15, 0.2) is 6.54 Å². The largest absolute Gasteiger partial charge is 0.333 e. The van der Waals surface area contributed by atoms with Crippen molar-refractivity contribution >= 4 is 11.3 Å². The normalized spacial score (nSPS) is 12.4. The molecule has 2 N–H and O–H groups in total. The minimum Gasteiger partial charge on any atom is -0.333 e. The SMILES string of the molecule is CC(C)c1ccc([C@H]([NH2+]Cc2nc(-c3ccccc3)no2)c2cccs2)cc1. The molecule has 2 aromatic heterocycles. The zero-order chi connectivity index (χ0) is 19.3. The average Bonchev–Trinajstić information content (AvgIpc) is 3.42. The highest BCUT2D eigenvalue weighted by Gasteiger charge is 2.20. The first-order chi connectivity index (χ1) is 13.7. The van der Waals surface area contributed by atoms with E-state index in [1.165, 1.54) is 16.0 Å². The number of hydrogen-bond donors (Lipinski definition) is 1. The first kappa shape index (κ1) is 18.6. The smallest absolute Gasteiger partial charge is 0.282 e. The van der Waals surface area contributed by atoms with E-state index < -0.39 is 0 Å². The van der Waals surface area contributed by atoms with Crippen LogP contribution in [0.25, 0.3) is 11.4 Å². The van der Waals surface area contributed by atoms with Crippen LogP contribution in [0.2, 0.25) is 0 Å². The molecule has 142 valence electrons. The van der Waals surface area contributed by atoms with Crippen LogP contribution in [0.15, 0.2) is 76.6 Å². The summed E-state index contributed by atoms with van der Waals surface area (Å²) in [6.45, 7) is 5.07. The molecule has 4 rings (SSSR count). The quantitative estimate of drug-likeness (QED) is 0.494. The van der Waals surface area contributed by atoms with E-state index in [0.29, 0.717) is 24.2 Å². The summed E-state index contributed by atoms with van der Waals surface area (Å²) in [5.41, 5.74) is 3.62. The van der Waals surface area contributed by atoms with Crippen LogP contribution >= 0.6 is 11.3 Å². The second-order valence-electron chi connectivity index (χ2n) is 7.13. The van der Waals surface area contributed by atoms with Crippen molar-refractivity contribution in [1.29, 1.82) is 0 Å². The van der Waals surface area contributed by atoms with Gasteiger partial charge in [-0.15, -0.1) is 11.3 Å². The van der Waals surface area contributed by atoms with E-state index in [2.05, 4.69) is 71.1 Å². The number of aromatic nitrogens is 2. The van der Waals surface area contributed by atoms with E-state index in [4.69, 9.17) is 4.52 Å². The van der Waals surface area contributed by atoms with Crippen LogP contribution in [-0.2, 0) is 6.54 Å². The van der Waals surface area contributed by atoms with Crippen molar-refractivity contribution < 1.29 is 9.84 Å². The predicted octanol–water partition coefficient (Wildman–Crippen LogP) is 4.77. The molecule has 0 radical (unpaired) electrons. The molecule has 5 heteroatoms. The minimum atomic E-state index is 0.216. The van der Waals surface area contributed by atoms with Gasteiger partial charge in [-0.2, -0.15) is 4.98 Å². The Morgan fingerprint density at radius 1 is 0.929 bits per heavy atom. The van der Waals surface area contributed by atoms with Crippen LogP contribution in [0.3, 0.4) is 0 Å². The van der Waals surface area contributed by atoms with Crippen molar-refractivity contribution in [2.24, 2.45) is 0 Å². The Morgan fingerprint density at radius 2 is 1.68 bits per heavy atom. The number of rotatable bonds is 7. The summed E-state index contributed by atoms with van der Waals surface area (Å²) < 4.78 is 5.48. The van der Waals surface area contributed by atoms with Gasteiger partial charge in [0.2, 0.25) is 5.82 Å². The zero-order valence-corrected chi connectivity index (χ0v) is 16.9. The fourth-order valence-corrected chi connectivity index (χ4v) is 4.08. The molecule has 2 heterocycles. The van der Waals surface area contributed by atoms with E-state index in [1.807, 2.05) is 30.3 Å². The molecule has 0 saturated carbocycles. The summed E-state index contributed by atoms with van der Waals surface area (Å²) in [5, 5.41) is 8.51. The molecule has 0 spiro atoms. The van der Waals surface area contributed by atoms with Gasteiger partial charge in [0.1, 0.15) is 6.04 Å². The van der Waals surface area contributed by atoms with Crippen molar-refractivity contribution in [3.63, 3.8) is 0 Å². The Bertz CT molecular complexity index is 992. The zero-order valence-electron chi connectivity index (χ0n) is 16.1. The average molecular weight is 391 g/mol. The maximum Gasteiger partial charge on any atom is 0.282 e. The van der Waals surface area contributed by atoms with E-state index in [1.54, 1.807) is 11.3 Å². The summed E-state index contributed by atoms with van der Waals surface area (Å²) >= 11 is 1.78. The van der Waals surface area contributed by atoms with Gasteiger partial charge in [-0.05, 0) is 22.9 Å². The van der Waals surface area contributed by atoms with E-state index in [-0.39, 0.29) is 6.04 Å². The second-order valence-corrected chi connectivity index (χ2v) is 8.11. The van der Waals surface area contributed by atoms with Gasteiger partial charge in [-0.3, -0.25) is 0 Å². The van der Waals surface area contributed by atoms with Crippen molar-refractivity contribution in [3.8, 4) is 11.4 Å². The Balaban J connectivity index is 1.52. The van der Waals surface area contributed by atoms with Gasteiger partial charge >= 0.3 is 0 Å². The van der Waals surface area contributed by atoms with E-state index >= 15 is 0 Å². The number of nitrogens with zero attached hydrogens (tertiary/aromatic N) is 2. The Labute approximate surface area is 169 Å². The minimum absolute atomic E-state index is 0.216. The number of quaternary nitrogens is 1. The third-order valence-corrected chi connectivity index (χ3v) is 5.80. The molecule has 0 bridgehead atoms. The molecule has 0 aliphatic heterocycles. The molecule has 2 aromatic carbocycles. The molecule has 4 nitrogen and oxygen atoms in total. The highest BCUT2D eigenvalue weighted by Crippen LogP contribution is 2.25. The Hall–Kier alpha value is -2.76. The lowest BCUT2D eigenvalue weighted by Crippen LogP contribution is -2.83. The monoisotopic (exact) mass is 390 g/mol.